The lowest BCUT2D eigenvalue weighted by Crippen LogP contribution is -2.41. The predicted molar refractivity (Wildman–Crippen MR) is 59.9 cm³/mol. The molecule has 0 spiro atoms. The minimum absolute atomic E-state index is 0.0274. The molecule has 0 fully saturated rings. The van der Waals surface area contributed by atoms with Crippen molar-refractivity contribution in [3.8, 4) is 0 Å². The predicted octanol–water partition coefficient (Wildman–Crippen LogP) is 1.18. The van der Waals surface area contributed by atoms with Gasteiger partial charge < -0.3 is 15.3 Å². The van der Waals surface area contributed by atoms with E-state index in [-0.39, 0.29) is 19.0 Å². The lowest BCUT2D eigenvalue weighted by Gasteiger charge is -2.29. The summed E-state index contributed by atoms with van der Waals surface area (Å²) >= 11 is 5.92. The molecule has 0 aliphatic carbocycles. The zero-order chi connectivity index (χ0) is 11.7. The van der Waals surface area contributed by atoms with Crippen LogP contribution in [0.4, 0.5) is 11.4 Å². The molecule has 16 heavy (non-hydrogen) atoms. The first-order valence-electron chi connectivity index (χ1n) is 4.63. The fraction of sp³-hybridized carbons (Fsp3) is 0.200. The Labute approximate surface area is 96.6 Å². The van der Waals surface area contributed by atoms with Crippen LogP contribution in [-0.4, -0.2) is 30.1 Å². The van der Waals surface area contributed by atoms with Crippen LogP contribution >= 0.6 is 11.6 Å². The van der Waals surface area contributed by atoms with Gasteiger partial charge in [0, 0.05) is 0 Å². The molecule has 2 rings (SSSR count). The first-order valence-corrected chi connectivity index (χ1v) is 5.01. The molecule has 0 saturated carbocycles. The van der Waals surface area contributed by atoms with Gasteiger partial charge in [-0.1, -0.05) is 17.7 Å². The minimum atomic E-state index is -0.986. The number of halogens is 1. The van der Waals surface area contributed by atoms with Gasteiger partial charge in [-0.05, 0) is 12.1 Å². The number of para-hydroxylation sites is 1. The summed E-state index contributed by atoms with van der Waals surface area (Å²) in [5, 5.41) is 11.8. The number of nitrogens with one attached hydrogen (secondary N) is 1. The molecule has 5 nitrogen and oxygen atoms in total. The van der Waals surface area contributed by atoms with Crippen molar-refractivity contribution in [2.75, 3.05) is 23.3 Å². The highest BCUT2D eigenvalue weighted by Crippen LogP contribution is 2.35. The van der Waals surface area contributed by atoms with Gasteiger partial charge in [-0.15, -0.1) is 0 Å². The number of carbonyl (C=O) groups excluding carboxylic acids is 1. The van der Waals surface area contributed by atoms with E-state index >= 15 is 0 Å². The summed E-state index contributed by atoms with van der Waals surface area (Å²) in [6.45, 7) is -0.194. The molecule has 1 aliphatic heterocycles. The van der Waals surface area contributed by atoms with E-state index in [1.54, 1.807) is 18.2 Å². The number of amides is 1. The van der Waals surface area contributed by atoms with E-state index < -0.39 is 5.97 Å². The van der Waals surface area contributed by atoms with Gasteiger partial charge in [0.05, 0.1) is 22.9 Å². The lowest BCUT2D eigenvalue weighted by atomic mass is 10.2. The summed E-state index contributed by atoms with van der Waals surface area (Å²) in [7, 11) is 0. The highest BCUT2D eigenvalue weighted by Gasteiger charge is 2.24. The fourth-order valence-electron chi connectivity index (χ4n) is 1.64. The lowest BCUT2D eigenvalue weighted by molar-refractivity contribution is -0.135. The van der Waals surface area contributed by atoms with Crippen molar-refractivity contribution in [2.24, 2.45) is 0 Å². The molecule has 0 unspecified atom stereocenters. The Hall–Kier alpha value is -1.75. The van der Waals surface area contributed by atoms with Gasteiger partial charge in [0.2, 0.25) is 5.91 Å². The van der Waals surface area contributed by atoms with Gasteiger partial charge in [0.15, 0.2) is 0 Å². The van der Waals surface area contributed by atoms with E-state index in [2.05, 4.69) is 5.32 Å². The zero-order valence-electron chi connectivity index (χ0n) is 8.24. The van der Waals surface area contributed by atoms with E-state index in [4.69, 9.17) is 16.7 Å². The molecule has 6 heteroatoms. The van der Waals surface area contributed by atoms with Gasteiger partial charge in [-0.25, -0.2) is 0 Å². The third kappa shape index (κ3) is 1.94. The first kappa shape index (κ1) is 10.8. The summed E-state index contributed by atoms with van der Waals surface area (Å²) in [5.74, 6) is -1.25. The molecule has 1 aromatic rings. The maximum absolute atomic E-state index is 11.4. The van der Waals surface area contributed by atoms with E-state index in [0.29, 0.717) is 16.4 Å². The smallest absolute Gasteiger partial charge is 0.323 e. The van der Waals surface area contributed by atoms with Crippen LogP contribution in [0, 0.1) is 0 Å². The summed E-state index contributed by atoms with van der Waals surface area (Å²) in [4.78, 5) is 23.5. The average Bonchev–Trinajstić information content (AvgIpc) is 2.18. The summed E-state index contributed by atoms with van der Waals surface area (Å²) < 4.78 is 0. The first-order chi connectivity index (χ1) is 7.58. The second-order valence-electron chi connectivity index (χ2n) is 3.43. The number of hydrogen-bond acceptors (Lipinski definition) is 3. The number of carboxylic acids is 1. The van der Waals surface area contributed by atoms with Crippen LogP contribution < -0.4 is 10.2 Å². The van der Waals surface area contributed by atoms with Crippen molar-refractivity contribution in [1.82, 2.24) is 0 Å². The molecule has 1 amide bonds. The molecule has 2 N–H and O–H groups in total. The number of aliphatic carboxylic acids is 1. The van der Waals surface area contributed by atoms with E-state index in [0.717, 1.165) is 0 Å². The van der Waals surface area contributed by atoms with Crippen LogP contribution in [0.5, 0.6) is 0 Å². The van der Waals surface area contributed by atoms with Crippen molar-refractivity contribution < 1.29 is 14.7 Å². The van der Waals surface area contributed by atoms with Crippen LogP contribution in [0.3, 0.4) is 0 Å². The van der Waals surface area contributed by atoms with Crippen molar-refractivity contribution in [2.45, 2.75) is 0 Å². The molecule has 0 bridgehead atoms. The highest BCUT2D eigenvalue weighted by molar-refractivity contribution is 6.34. The van der Waals surface area contributed by atoms with Gasteiger partial charge >= 0.3 is 5.97 Å². The number of nitrogens with zero attached hydrogens (tertiary/aromatic N) is 1. The van der Waals surface area contributed by atoms with Gasteiger partial charge in [-0.3, -0.25) is 9.59 Å². The summed E-state index contributed by atoms with van der Waals surface area (Å²) in [5.41, 5.74) is 1.11. The second-order valence-corrected chi connectivity index (χ2v) is 3.84. The molecule has 1 aliphatic rings. The Morgan fingerprint density at radius 1 is 1.56 bits per heavy atom. The maximum Gasteiger partial charge on any atom is 0.323 e. The molecule has 0 radical (unpaired) electrons. The SMILES string of the molecule is O=C(O)CN1CC(=O)Nc2c(Cl)cccc21. The number of carboxylic acid groups (broad SMARTS) is 1. The van der Waals surface area contributed by atoms with Crippen LogP contribution in [0.2, 0.25) is 5.02 Å². The van der Waals surface area contributed by atoms with Gasteiger partial charge in [0.25, 0.3) is 0 Å². The Bertz CT molecular complexity index is 461. The van der Waals surface area contributed by atoms with Gasteiger partial charge in [0.1, 0.15) is 6.54 Å². The number of anilines is 2. The molecule has 1 aromatic carbocycles. The Kier molecular flexibility index (Phi) is 2.70. The van der Waals surface area contributed by atoms with Crippen molar-refractivity contribution in [3.05, 3.63) is 23.2 Å². The van der Waals surface area contributed by atoms with Crippen LogP contribution in [0.15, 0.2) is 18.2 Å². The second kappa shape index (κ2) is 4.02. The molecule has 0 saturated heterocycles. The molecule has 1 heterocycles. The summed E-state index contributed by atoms with van der Waals surface area (Å²) in [6, 6.07) is 5.09. The summed E-state index contributed by atoms with van der Waals surface area (Å²) in [6.07, 6.45) is 0. The number of benzene rings is 1. The third-order valence-corrected chi connectivity index (χ3v) is 2.57. The highest BCUT2D eigenvalue weighted by atomic mass is 35.5. The normalized spacial score (nSPS) is 14.3. The molecular weight excluding hydrogens is 232 g/mol. The number of fused-ring (bicyclic) bond motifs is 1. The molecule has 84 valence electrons. The Balaban J connectivity index is 2.41. The van der Waals surface area contributed by atoms with Crippen LogP contribution in [-0.2, 0) is 9.59 Å². The standard InChI is InChI=1S/C10H9ClN2O3/c11-6-2-1-3-7-10(6)12-8(14)4-13(7)5-9(15)16/h1-3H,4-5H2,(H,12,14)(H,15,16). The van der Waals surface area contributed by atoms with E-state index in [1.165, 1.54) is 4.90 Å². The molecule has 0 aromatic heterocycles. The zero-order valence-corrected chi connectivity index (χ0v) is 8.99. The fourth-order valence-corrected chi connectivity index (χ4v) is 1.86. The van der Waals surface area contributed by atoms with E-state index in [9.17, 15) is 9.59 Å². The maximum atomic E-state index is 11.4. The largest absolute Gasteiger partial charge is 0.480 e. The Morgan fingerprint density at radius 2 is 2.31 bits per heavy atom. The minimum Gasteiger partial charge on any atom is -0.480 e. The molecular formula is C10H9ClN2O3. The van der Waals surface area contributed by atoms with Crippen LogP contribution in [0.25, 0.3) is 0 Å². The number of hydrogen-bond donors (Lipinski definition) is 2. The van der Waals surface area contributed by atoms with Crippen molar-refractivity contribution >= 4 is 34.9 Å². The monoisotopic (exact) mass is 240 g/mol. The quantitative estimate of drug-likeness (QED) is 0.815. The van der Waals surface area contributed by atoms with Crippen LogP contribution in [0.1, 0.15) is 0 Å². The van der Waals surface area contributed by atoms with E-state index in [1.807, 2.05) is 0 Å². The number of carbonyl (C=O) groups is 2. The van der Waals surface area contributed by atoms with Crippen molar-refractivity contribution in [1.29, 1.82) is 0 Å². The number of rotatable bonds is 2. The van der Waals surface area contributed by atoms with Gasteiger partial charge in [-0.2, -0.15) is 0 Å². The van der Waals surface area contributed by atoms with Crippen molar-refractivity contribution in [3.63, 3.8) is 0 Å². The Morgan fingerprint density at radius 3 is 3.00 bits per heavy atom. The molecule has 0 atom stereocenters. The topological polar surface area (TPSA) is 69.6 Å². The average molecular weight is 241 g/mol. The third-order valence-electron chi connectivity index (χ3n) is 2.26.